The van der Waals surface area contributed by atoms with E-state index in [2.05, 4.69) is 5.32 Å². The summed E-state index contributed by atoms with van der Waals surface area (Å²) >= 11 is 5.93. The maximum atomic E-state index is 12.5. The SMILES string of the molecule is O=C1CCN(C(=O)Nc2cccc(Cl)c2)[C@H]2CCCC[C@H]12. The quantitative estimate of drug-likeness (QED) is 0.860. The Balaban J connectivity index is 1.73. The van der Waals surface area contributed by atoms with Crippen molar-refractivity contribution in [1.82, 2.24) is 4.90 Å². The van der Waals surface area contributed by atoms with Crippen LogP contribution >= 0.6 is 11.6 Å². The predicted octanol–water partition coefficient (Wildman–Crippen LogP) is 3.71. The number of likely N-dealkylation sites (tertiary alicyclic amines) is 1. The summed E-state index contributed by atoms with van der Waals surface area (Å²) in [7, 11) is 0. The maximum Gasteiger partial charge on any atom is 0.322 e. The molecule has 0 unspecified atom stereocenters. The van der Waals surface area contributed by atoms with E-state index in [-0.39, 0.29) is 18.0 Å². The molecule has 0 radical (unpaired) electrons. The van der Waals surface area contributed by atoms with E-state index >= 15 is 0 Å². The zero-order valence-corrected chi connectivity index (χ0v) is 12.6. The molecule has 0 spiro atoms. The van der Waals surface area contributed by atoms with E-state index in [1.54, 1.807) is 18.2 Å². The lowest BCUT2D eigenvalue weighted by atomic mass is 9.77. The number of fused-ring (bicyclic) bond motifs is 1. The molecule has 5 heteroatoms. The summed E-state index contributed by atoms with van der Waals surface area (Å²) in [6.07, 6.45) is 4.51. The Morgan fingerprint density at radius 2 is 2.10 bits per heavy atom. The van der Waals surface area contributed by atoms with Crippen molar-refractivity contribution in [2.75, 3.05) is 11.9 Å². The molecule has 1 aromatic rings. The molecule has 1 heterocycles. The van der Waals surface area contributed by atoms with Crippen molar-refractivity contribution in [3.63, 3.8) is 0 Å². The van der Waals surface area contributed by atoms with E-state index in [1.165, 1.54) is 0 Å². The highest BCUT2D eigenvalue weighted by Gasteiger charge is 2.40. The average Bonchev–Trinajstić information content (AvgIpc) is 2.48. The Bertz CT molecular complexity index is 561. The molecule has 4 nitrogen and oxygen atoms in total. The van der Waals surface area contributed by atoms with E-state index in [0.717, 1.165) is 25.7 Å². The van der Waals surface area contributed by atoms with Gasteiger partial charge in [0.1, 0.15) is 5.78 Å². The molecule has 2 atom stereocenters. The van der Waals surface area contributed by atoms with E-state index in [0.29, 0.717) is 29.5 Å². The third kappa shape index (κ3) is 3.05. The first kappa shape index (κ1) is 14.4. The molecule has 2 aliphatic rings. The first-order chi connectivity index (χ1) is 10.1. The van der Waals surface area contributed by atoms with Gasteiger partial charge in [-0.15, -0.1) is 0 Å². The summed E-state index contributed by atoms with van der Waals surface area (Å²) in [4.78, 5) is 26.4. The predicted molar refractivity (Wildman–Crippen MR) is 82.5 cm³/mol. The van der Waals surface area contributed by atoms with Gasteiger partial charge in [0.05, 0.1) is 0 Å². The Labute approximate surface area is 129 Å². The molecule has 0 aromatic heterocycles. The molecular formula is C16H19ClN2O2. The lowest BCUT2D eigenvalue weighted by Gasteiger charge is -2.42. The first-order valence-corrected chi connectivity index (χ1v) is 7.89. The lowest BCUT2D eigenvalue weighted by molar-refractivity contribution is -0.129. The third-order valence-corrected chi connectivity index (χ3v) is 4.71. The Kier molecular flexibility index (Phi) is 4.15. The van der Waals surface area contributed by atoms with Crippen molar-refractivity contribution in [3.8, 4) is 0 Å². The van der Waals surface area contributed by atoms with E-state index in [4.69, 9.17) is 11.6 Å². The largest absolute Gasteiger partial charge is 0.322 e. The minimum absolute atomic E-state index is 0.0395. The van der Waals surface area contributed by atoms with Crippen LogP contribution in [0.1, 0.15) is 32.1 Å². The number of ketones is 1. The number of nitrogens with zero attached hydrogens (tertiary/aromatic N) is 1. The number of carbonyl (C=O) groups is 2. The molecule has 1 saturated heterocycles. The molecule has 21 heavy (non-hydrogen) atoms. The molecule has 1 aromatic carbocycles. The lowest BCUT2D eigenvalue weighted by Crippen LogP contribution is -2.54. The van der Waals surface area contributed by atoms with Gasteiger partial charge in [0.15, 0.2) is 0 Å². The molecule has 0 bridgehead atoms. The average molecular weight is 307 g/mol. The number of halogens is 1. The number of piperidine rings is 1. The van der Waals surface area contributed by atoms with Crippen LogP contribution in [0.4, 0.5) is 10.5 Å². The second kappa shape index (κ2) is 6.06. The van der Waals surface area contributed by atoms with Crippen LogP contribution in [0.25, 0.3) is 0 Å². The number of hydrogen-bond acceptors (Lipinski definition) is 2. The molecule has 112 valence electrons. The van der Waals surface area contributed by atoms with Gasteiger partial charge >= 0.3 is 6.03 Å². The minimum Gasteiger partial charge on any atom is -0.320 e. The number of benzene rings is 1. The summed E-state index contributed by atoms with van der Waals surface area (Å²) in [5.74, 6) is 0.365. The molecular weight excluding hydrogens is 288 g/mol. The van der Waals surface area contributed by atoms with Crippen LogP contribution < -0.4 is 5.32 Å². The van der Waals surface area contributed by atoms with Crippen LogP contribution in [0.5, 0.6) is 0 Å². The standard InChI is InChI=1S/C16H19ClN2O2/c17-11-4-3-5-12(10-11)18-16(21)19-9-8-15(20)13-6-1-2-7-14(13)19/h3-5,10,13-14H,1-2,6-9H2,(H,18,21)/t13-,14-/m0/s1. The van der Waals surface area contributed by atoms with E-state index < -0.39 is 0 Å². The Morgan fingerprint density at radius 1 is 1.29 bits per heavy atom. The summed E-state index contributed by atoms with van der Waals surface area (Å²) in [6, 6.07) is 7.07. The molecule has 1 saturated carbocycles. The van der Waals surface area contributed by atoms with Crippen LogP contribution in [0.2, 0.25) is 5.02 Å². The van der Waals surface area contributed by atoms with Crippen molar-refractivity contribution in [2.24, 2.45) is 5.92 Å². The highest BCUT2D eigenvalue weighted by Crippen LogP contribution is 2.33. The first-order valence-electron chi connectivity index (χ1n) is 7.51. The van der Waals surface area contributed by atoms with Gasteiger partial charge in [-0.1, -0.05) is 30.5 Å². The summed E-state index contributed by atoms with van der Waals surface area (Å²) in [5, 5.41) is 3.49. The van der Waals surface area contributed by atoms with Crippen molar-refractivity contribution in [1.29, 1.82) is 0 Å². The minimum atomic E-state index is -0.123. The van der Waals surface area contributed by atoms with Crippen LogP contribution in [-0.2, 0) is 4.79 Å². The summed E-state index contributed by atoms with van der Waals surface area (Å²) in [6.45, 7) is 0.520. The Hall–Kier alpha value is -1.55. The maximum absolute atomic E-state index is 12.5. The summed E-state index contributed by atoms with van der Waals surface area (Å²) in [5.41, 5.74) is 0.691. The molecule has 1 N–H and O–H groups in total. The second-order valence-electron chi connectivity index (χ2n) is 5.81. The fourth-order valence-electron chi connectivity index (χ4n) is 3.46. The number of Topliss-reactive ketones (excluding diaryl/α,β-unsaturated/α-hetero) is 1. The van der Waals surface area contributed by atoms with E-state index in [1.807, 2.05) is 11.0 Å². The van der Waals surface area contributed by atoms with Gasteiger partial charge in [-0.2, -0.15) is 0 Å². The van der Waals surface area contributed by atoms with Gasteiger partial charge in [0, 0.05) is 35.6 Å². The third-order valence-electron chi connectivity index (χ3n) is 4.48. The van der Waals surface area contributed by atoms with Crippen molar-refractivity contribution < 1.29 is 9.59 Å². The molecule has 3 rings (SSSR count). The topological polar surface area (TPSA) is 49.4 Å². The molecule has 1 aliphatic carbocycles. The zero-order chi connectivity index (χ0) is 14.8. The van der Waals surface area contributed by atoms with Gasteiger partial charge in [-0.05, 0) is 31.0 Å². The van der Waals surface area contributed by atoms with Crippen molar-refractivity contribution in [3.05, 3.63) is 29.3 Å². The number of carbonyl (C=O) groups excluding carboxylic acids is 2. The van der Waals surface area contributed by atoms with Crippen LogP contribution in [0.15, 0.2) is 24.3 Å². The van der Waals surface area contributed by atoms with Gasteiger partial charge in [-0.25, -0.2) is 4.79 Å². The molecule has 1 aliphatic heterocycles. The molecule has 2 amide bonds. The number of nitrogens with one attached hydrogen (secondary N) is 1. The zero-order valence-electron chi connectivity index (χ0n) is 11.8. The number of rotatable bonds is 1. The fraction of sp³-hybridized carbons (Fsp3) is 0.500. The Morgan fingerprint density at radius 3 is 2.90 bits per heavy atom. The van der Waals surface area contributed by atoms with Crippen LogP contribution in [0.3, 0.4) is 0 Å². The number of anilines is 1. The summed E-state index contributed by atoms with van der Waals surface area (Å²) < 4.78 is 0. The van der Waals surface area contributed by atoms with Crippen LogP contribution in [-0.4, -0.2) is 29.3 Å². The number of hydrogen-bond donors (Lipinski definition) is 1. The normalized spacial score (nSPS) is 25.4. The second-order valence-corrected chi connectivity index (χ2v) is 6.24. The highest BCUT2D eigenvalue weighted by molar-refractivity contribution is 6.30. The monoisotopic (exact) mass is 306 g/mol. The van der Waals surface area contributed by atoms with Gasteiger partial charge in [-0.3, -0.25) is 4.79 Å². The smallest absolute Gasteiger partial charge is 0.320 e. The number of urea groups is 1. The van der Waals surface area contributed by atoms with Crippen molar-refractivity contribution in [2.45, 2.75) is 38.1 Å². The van der Waals surface area contributed by atoms with Crippen molar-refractivity contribution >= 4 is 29.1 Å². The van der Waals surface area contributed by atoms with Gasteiger partial charge in [0.25, 0.3) is 0 Å². The fourth-order valence-corrected chi connectivity index (χ4v) is 3.65. The highest BCUT2D eigenvalue weighted by atomic mass is 35.5. The van der Waals surface area contributed by atoms with Crippen LogP contribution in [0, 0.1) is 5.92 Å². The molecule has 2 fully saturated rings. The van der Waals surface area contributed by atoms with Gasteiger partial charge < -0.3 is 10.2 Å². The van der Waals surface area contributed by atoms with E-state index in [9.17, 15) is 9.59 Å². The van der Waals surface area contributed by atoms with Gasteiger partial charge in [0.2, 0.25) is 0 Å². The number of amides is 2.